The Hall–Kier alpha value is -1.06. The lowest BCUT2D eigenvalue weighted by Gasteiger charge is -2.30. The van der Waals surface area contributed by atoms with Crippen molar-refractivity contribution in [2.75, 3.05) is 26.2 Å². The first kappa shape index (κ1) is 16.3. The second kappa shape index (κ2) is 6.80. The predicted octanol–water partition coefficient (Wildman–Crippen LogP) is 3.45. The molecule has 2 N–H and O–H groups in total. The lowest BCUT2D eigenvalue weighted by Crippen LogP contribution is -2.33. The van der Waals surface area contributed by atoms with E-state index in [1.54, 1.807) is 0 Å². The van der Waals surface area contributed by atoms with E-state index in [1.165, 1.54) is 12.0 Å². The van der Waals surface area contributed by atoms with Gasteiger partial charge in [0.05, 0.1) is 6.61 Å². The fourth-order valence-corrected chi connectivity index (χ4v) is 3.23. The Kier molecular flexibility index (Phi) is 5.28. The zero-order valence-electron chi connectivity index (χ0n) is 13.9. The van der Waals surface area contributed by atoms with Crippen LogP contribution in [0.2, 0.25) is 0 Å². The predicted molar refractivity (Wildman–Crippen MR) is 88.5 cm³/mol. The molecule has 1 aliphatic rings. The Morgan fingerprint density at radius 1 is 1.29 bits per heavy atom. The molecule has 3 nitrogen and oxygen atoms in total. The Labute approximate surface area is 129 Å². The summed E-state index contributed by atoms with van der Waals surface area (Å²) in [4.78, 5) is 2.55. The molecular formula is C18H30N2O. The van der Waals surface area contributed by atoms with Crippen molar-refractivity contribution in [3.63, 3.8) is 0 Å². The van der Waals surface area contributed by atoms with Crippen molar-refractivity contribution in [3.8, 4) is 5.75 Å². The molecule has 2 rings (SSSR count). The van der Waals surface area contributed by atoms with Gasteiger partial charge in [-0.25, -0.2) is 0 Å². The summed E-state index contributed by atoms with van der Waals surface area (Å²) in [5, 5.41) is 0. The highest BCUT2D eigenvalue weighted by molar-refractivity contribution is 5.29. The van der Waals surface area contributed by atoms with E-state index < -0.39 is 0 Å². The number of benzene rings is 1. The van der Waals surface area contributed by atoms with Crippen LogP contribution in [0.15, 0.2) is 24.3 Å². The third-order valence-electron chi connectivity index (χ3n) is 4.68. The highest BCUT2D eigenvalue weighted by Crippen LogP contribution is 2.37. The largest absolute Gasteiger partial charge is 0.494 e. The molecule has 3 heteroatoms. The molecule has 1 aromatic carbocycles. The maximum absolute atomic E-state index is 6.06. The number of nitrogens with two attached hydrogens (primary N) is 1. The number of ether oxygens (including phenoxy) is 1. The molecule has 1 aliphatic heterocycles. The van der Waals surface area contributed by atoms with Gasteiger partial charge in [0.2, 0.25) is 0 Å². The molecule has 0 aromatic heterocycles. The van der Waals surface area contributed by atoms with Gasteiger partial charge in [0.1, 0.15) is 5.75 Å². The molecule has 0 aliphatic carbocycles. The zero-order valence-corrected chi connectivity index (χ0v) is 13.9. The number of rotatable bonds is 5. The molecular weight excluding hydrogens is 260 g/mol. The van der Waals surface area contributed by atoms with E-state index in [1.807, 2.05) is 6.92 Å². The van der Waals surface area contributed by atoms with Crippen LogP contribution in [0.5, 0.6) is 5.75 Å². The topological polar surface area (TPSA) is 38.5 Å². The fraction of sp³-hybridized carbons (Fsp3) is 0.667. The first-order valence-corrected chi connectivity index (χ1v) is 8.12. The Morgan fingerprint density at radius 3 is 2.43 bits per heavy atom. The molecule has 2 unspecified atom stereocenters. The van der Waals surface area contributed by atoms with Gasteiger partial charge in [-0.05, 0) is 48.9 Å². The Bertz CT molecular complexity index is 436. The molecule has 0 amide bonds. The summed E-state index contributed by atoms with van der Waals surface area (Å²) in [6.45, 7) is 12.7. The fourth-order valence-electron chi connectivity index (χ4n) is 3.23. The molecule has 0 radical (unpaired) electrons. The quantitative estimate of drug-likeness (QED) is 0.902. The van der Waals surface area contributed by atoms with Gasteiger partial charge in [-0.3, -0.25) is 4.90 Å². The minimum Gasteiger partial charge on any atom is -0.494 e. The third-order valence-corrected chi connectivity index (χ3v) is 4.68. The van der Waals surface area contributed by atoms with Crippen LogP contribution in [0, 0.1) is 11.3 Å². The van der Waals surface area contributed by atoms with Crippen LogP contribution < -0.4 is 10.5 Å². The summed E-state index contributed by atoms with van der Waals surface area (Å²) in [6.07, 6.45) is 1.27. The first-order valence-electron chi connectivity index (χ1n) is 8.12. The smallest absolute Gasteiger partial charge is 0.119 e. The van der Waals surface area contributed by atoms with Gasteiger partial charge >= 0.3 is 0 Å². The average Bonchev–Trinajstić information content (AvgIpc) is 2.91. The highest BCUT2D eigenvalue weighted by atomic mass is 16.5. The van der Waals surface area contributed by atoms with E-state index in [9.17, 15) is 0 Å². The molecule has 1 aromatic rings. The van der Waals surface area contributed by atoms with Crippen LogP contribution >= 0.6 is 0 Å². The number of hydrogen-bond donors (Lipinski definition) is 1. The van der Waals surface area contributed by atoms with E-state index in [-0.39, 0.29) is 0 Å². The molecule has 1 heterocycles. The van der Waals surface area contributed by atoms with Gasteiger partial charge in [0, 0.05) is 19.1 Å². The van der Waals surface area contributed by atoms with Crippen molar-refractivity contribution in [2.45, 2.75) is 40.2 Å². The Morgan fingerprint density at radius 2 is 1.95 bits per heavy atom. The van der Waals surface area contributed by atoms with Crippen molar-refractivity contribution < 1.29 is 4.74 Å². The van der Waals surface area contributed by atoms with Crippen LogP contribution in [-0.4, -0.2) is 31.1 Å². The number of hydrogen-bond acceptors (Lipinski definition) is 3. The molecule has 118 valence electrons. The summed E-state index contributed by atoms with van der Waals surface area (Å²) in [5.41, 5.74) is 7.75. The molecule has 2 atom stereocenters. The lowest BCUT2D eigenvalue weighted by molar-refractivity contribution is 0.197. The monoisotopic (exact) mass is 290 g/mol. The van der Waals surface area contributed by atoms with Gasteiger partial charge < -0.3 is 10.5 Å². The lowest BCUT2D eigenvalue weighted by atomic mass is 9.80. The standard InChI is InChI=1S/C18H30N2O/c1-5-21-16-8-6-14(7-9-16)17(12-19)20-11-10-15(13-20)18(2,3)4/h6-9,15,17H,5,10-13,19H2,1-4H3. The van der Waals surface area contributed by atoms with Crippen molar-refractivity contribution in [2.24, 2.45) is 17.1 Å². The summed E-state index contributed by atoms with van der Waals surface area (Å²) in [5.74, 6) is 1.69. The van der Waals surface area contributed by atoms with E-state index in [0.717, 1.165) is 24.8 Å². The van der Waals surface area contributed by atoms with Gasteiger partial charge in [-0.15, -0.1) is 0 Å². The SMILES string of the molecule is CCOc1ccc(C(CN)N2CCC(C(C)(C)C)C2)cc1. The van der Waals surface area contributed by atoms with E-state index >= 15 is 0 Å². The molecule has 1 fully saturated rings. The van der Waals surface area contributed by atoms with Gasteiger partial charge in [-0.2, -0.15) is 0 Å². The zero-order chi connectivity index (χ0) is 15.5. The molecule has 0 saturated carbocycles. The molecule has 0 bridgehead atoms. The molecule has 1 saturated heterocycles. The van der Waals surface area contributed by atoms with Crippen LogP contribution in [0.3, 0.4) is 0 Å². The average molecular weight is 290 g/mol. The van der Waals surface area contributed by atoms with Gasteiger partial charge in [-0.1, -0.05) is 32.9 Å². The van der Waals surface area contributed by atoms with Crippen LogP contribution in [0.4, 0.5) is 0 Å². The molecule has 0 spiro atoms. The number of nitrogens with zero attached hydrogens (tertiary/aromatic N) is 1. The second-order valence-electron chi connectivity index (χ2n) is 7.10. The first-order chi connectivity index (χ1) is 9.95. The van der Waals surface area contributed by atoms with Crippen molar-refractivity contribution >= 4 is 0 Å². The molecule has 21 heavy (non-hydrogen) atoms. The van der Waals surface area contributed by atoms with E-state index in [0.29, 0.717) is 24.6 Å². The van der Waals surface area contributed by atoms with Crippen LogP contribution in [-0.2, 0) is 0 Å². The maximum Gasteiger partial charge on any atom is 0.119 e. The van der Waals surface area contributed by atoms with Crippen LogP contribution in [0.1, 0.15) is 45.7 Å². The minimum atomic E-state index is 0.327. The second-order valence-corrected chi connectivity index (χ2v) is 7.10. The number of likely N-dealkylation sites (tertiary alicyclic amines) is 1. The summed E-state index contributed by atoms with van der Waals surface area (Å²) in [6, 6.07) is 8.75. The minimum absolute atomic E-state index is 0.327. The summed E-state index contributed by atoms with van der Waals surface area (Å²) in [7, 11) is 0. The summed E-state index contributed by atoms with van der Waals surface area (Å²) >= 11 is 0. The van der Waals surface area contributed by atoms with Crippen molar-refractivity contribution in [1.29, 1.82) is 0 Å². The Balaban J connectivity index is 2.06. The van der Waals surface area contributed by atoms with E-state index in [2.05, 4.69) is 49.9 Å². The van der Waals surface area contributed by atoms with Gasteiger partial charge in [0.15, 0.2) is 0 Å². The maximum atomic E-state index is 6.06. The van der Waals surface area contributed by atoms with E-state index in [4.69, 9.17) is 10.5 Å². The van der Waals surface area contributed by atoms with Gasteiger partial charge in [0.25, 0.3) is 0 Å². The van der Waals surface area contributed by atoms with Crippen LogP contribution in [0.25, 0.3) is 0 Å². The third kappa shape index (κ3) is 3.98. The summed E-state index contributed by atoms with van der Waals surface area (Å²) < 4.78 is 5.52. The van der Waals surface area contributed by atoms with Crippen molar-refractivity contribution in [3.05, 3.63) is 29.8 Å². The van der Waals surface area contributed by atoms with Crippen molar-refractivity contribution in [1.82, 2.24) is 4.90 Å². The normalized spacial score (nSPS) is 21.5. The highest BCUT2D eigenvalue weighted by Gasteiger charge is 2.34.